The highest BCUT2D eigenvalue weighted by atomic mass is 19.1. The van der Waals surface area contributed by atoms with Gasteiger partial charge in [0.2, 0.25) is 5.91 Å². The van der Waals surface area contributed by atoms with E-state index in [1.54, 1.807) is 12.1 Å². The SMILES string of the molecule is O=C(O)C(Cc1ccccc1)NC(=O)C1(Cc2cccc(F)c2)CCC1. The number of carbonyl (C=O) groups excluding carboxylic acids is 1. The molecule has 3 rings (SSSR count). The van der Waals surface area contributed by atoms with Crippen molar-refractivity contribution in [3.8, 4) is 0 Å². The normalized spacial score (nSPS) is 16.3. The number of hydrogen-bond acceptors (Lipinski definition) is 2. The first-order valence-corrected chi connectivity index (χ1v) is 8.81. The lowest BCUT2D eigenvalue weighted by Crippen LogP contribution is -2.53. The van der Waals surface area contributed by atoms with E-state index in [-0.39, 0.29) is 18.1 Å². The van der Waals surface area contributed by atoms with Crippen molar-refractivity contribution in [3.05, 3.63) is 71.5 Å². The molecule has 0 heterocycles. The van der Waals surface area contributed by atoms with E-state index in [1.165, 1.54) is 12.1 Å². The monoisotopic (exact) mass is 355 g/mol. The fourth-order valence-electron chi connectivity index (χ4n) is 3.49. The molecule has 2 N–H and O–H groups in total. The number of halogens is 1. The maximum absolute atomic E-state index is 13.4. The molecule has 1 aliphatic rings. The van der Waals surface area contributed by atoms with Gasteiger partial charge in [-0.05, 0) is 42.5 Å². The second kappa shape index (κ2) is 7.68. The maximum Gasteiger partial charge on any atom is 0.326 e. The first-order valence-electron chi connectivity index (χ1n) is 8.81. The van der Waals surface area contributed by atoms with Crippen LogP contribution in [0.15, 0.2) is 54.6 Å². The molecule has 0 aliphatic heterocycles. The van der Waals surface area contributed by atoms with Crippen molar-refractivity contribution in [3.63, 3.8) is 0 Å². The number of nitrogens with one attached hydrogen (secondary N) is 1. The van der Waals surface area contributed by atoms with Gasteiger partial charge < -0.3 is 10.4 Å². The molecule has 2 aromatic rings. The third kappa shape index (κ3) is 4.10. The first kappa shape index (κ1) is 18.1. The predicted molar refractivity (Wildman–Crippen MR) is 96.1 cm³/mol. The van der Waals surface area contributed by atoms with Crippen LogP contribution in [0.25, 0.3) is 0 Å². The number of rotatable bonds is 7. The van der Waals surface area contributed by atoms with Crippen LogP contribution in [0.4, 0.5) is 4.39 Å². The molecule has 0 spiro atoms. The van der Waals surface area contributed by atoms with Crippen LogP contribution in [0.2, 0.25) is 0 Å². The summed E-state index contributed by atoms with van der Waals surface area (Å²) < 4.78 is 13.4. The standard InChI is InChI=1S/C21H22FNO3/c22-17-9-4-8-16(12-17)14-21(10-5-11-21)20(26)23-18(19(24)25)13-15-6-2-1-3-7-15/h1-4,6-9,12,18H,5,10-11,13-14H2,(H,23,26)(H,24,25). The van der Waals surface area contributed by atoms with Gasteiger partial charge in [0, 0.05) is 6.42 Å². The molecular formula is C21H22FNO3. The van der Waals surface area contributed by atoms with Crippen LogP contribution in [0.1, 0.15) is 30.4 Å². The zero-order valence-electron chi connectivity index (χ0n) is 14.5. The summed E-state index contributed by atoms with van der Waals surface area (Å²) in [6.45, 7) is 0. The smallest absolute Gasteiger partial charge is 0.326 e. The Hall–Kier alpha value is -2.69. The van der Waals surface area contributed by atoms with Gasteiger partial charge in [0.05, 0.1) is 5.41 Å². The minimum Gasteiger partial charge on any atom is -0.480 e. The molecule has 136 valence electrons. The maximum atomic E-state index is 13.4. The molecule has 0 aromatic heterocycles. The second-order valence-corrected chi connectivity index (χ2v) is 6.99. The molecule has 5 heteroatoms. The Morgan fingerprint density at radius 2 is 1.77 bits per heavy atom. The van der Waals surface area contributed by atoms with E-state index in [9.17, 15) is 19.1 Å². The van der Waals surface area contributed by atoms with Crippen molar-refractivity contribution in [2.24, 2.45) is 5.41 Å². The molecule has 1 saturated carbocycles. The average Bonchev–Trinajstić information content (AvgIpc) is 2.58. The summed E-state index contributed by atoms with van der Waals surface area (Å²) in [7, 11) is 0. The van der Waals surface area contributed by atoms with Crippen LogP contribution in [0.3, 0.4) is 0 Å². The van der Waals surface area contributed by atoms with Crippen LogP contribution in [0, 0.1) is 11.2 Å². The van der Waals surface area contributed by atoms with Gasteiger partial charge in [-0.25, -0.2) is 9.18 Å². The molecule has 1 atom stereocenters. The van der Waals surface area contributed by atoms with Crippen LogP contribution in [-0.4, -0.2) is 23.0 Å². The van der Waals surface area contributed by atoms with E-state index in [0.717, 1.165) is 17.5 Å². The van der Waals surface area contributed by atoms with Gasteiger partial charge in [0.15, 0.2) is 0 Å². The average molecular weight is 355 g/mol. The fourth-order valence-corrected chi connectivity index (χ4v) is 3.49. The molecule has 0 radical (unpaired) electrons. The molecule has 2 aromatic carbocycles. The lowest BCUT2D eigenvalue weighted by atomic mass is 9.64. The summed E-state index contributed by atoms with van der Waals surface area (Å²) in [4.78, 5) is 24.5. The lowest BCUT2D eigenvalue weighted by molar-refractivity contribution is -0.145. The van der Waals surface area contributed by atoms with Gasteiger partial charge in [-0.3, -0.25) is 4.79 Å². The molecule has 1 unspecified atom stereocenters. The Labute approximate surface area is 152 Å². The first-order chi connectivity index (χ1) is 12.5. The minimum atomic E-state index is -1.05. The minimum absolute atomic E-state index is 0.234. The summed E-state index contributed by atoms with van der Waals surface area (Å²) in [5.41, 5.74) is 0.973. The van der Waals surface area contributed by atoms with Crippen molar-refractivity contribution in [2.75, 3.05) is 0 Å². The number of aliphatic carboxylic acids is 1. The summed E-state index contributed by atoms with van der Waals surface area (Å²) in [6.07, 6.45) is 2.95. The molecule has 1 amide bonds. The van der Waals surface area contributed by atoms with Crippen LogP contribution in [0.5, 0.6) is 0 Å². The number of carboxylic acids is 1. The highest BCUT2D eigenvalue weighted by Gasteiger charge is 2.45. The molecule has 0 saturated heterocycles. The third-order valence-electron chi connectivity index (χ3n) is 5.11. The van der Waals surface area contributed by atoms with E-state index >= 15 is 0 Å². The van der Waals surface area contributed by atoms with Gasteiger partial charge >= 0.3 is 5.97 Å². The molecular weight excluding hydrogens is 333 g/mol. The Morgan fingerprint density at radius 1 is 1.08 bits per heavy atom. The molecule has 26 heavy (non-hydrogen) atoms. The largest absolute Gasteiger partial charge is 0.480 e. The zero-order valence-corrected chi connectivity index (χ0v) is 14.5. The lowest BCUT2D eigenvalue weighted by Gasteiger charge is -2.41. The van der Waals surface area contributed by atoms with Crippen LogP contribution < -0.4 is 5.32 Å². The van der Waals surface area contributed by atoms with Crippen molar-refractivity contribution < 1.29 is 19.1 Å². The highest BCUT2D eigenvalue weighted by Crippen LogP contribution is 2.44. The van der Waals surface area contributed by atoms with Crippen molar-refractivity contribution in [1.29, 1.82) is 0 Å². The Bertz CT molecular complexity index is 787. The van der Waals surface area contributed by atoms with Crippen molar-refractivity contribution in [1.82, 2.24) is 5.32 Å². The molecule has 1 aliphatic carbocycles. The fraction of sp³-hybridized carbons (Fsp3) is 0.333. The summed E-state index contributed by atoms with van der Waals surface area (Å²) in [6, 6.07) is 14.5. The Balaban J connectivity index is 1.71. The van der Waals surface area contributed by atoms with E-state index in [0.29, 0.717) is 19.3 Å². The van der Waals surface area contributed by atoms with E-state index in [4.69, 9.17) is 0 Å². The zero-order chi connectivity index (χ0) is 18.6. The van der Waals surface area contributed by atoms with Crippen molar-refractivity contribution in [2.45, 2.75) is 38.1 Å². The second-order valence-electron chi connectivity index (χ2n) is 6.99. The quantitative estimate of drug-likeness (QED) is 0.800. The number of amides is 1. The Morgan fingerprint density at radius 3 is 2.35 bits per heavy atom. The van der Waals surface area contributed by atoms with Gasteiger partial charge in [0.1, 0.15) is 11.9 Å². The Kier molecular flexibility index (Phi) is 5.35. The van der Waals surface area contributed by atoms with Gasteiger partial charge in [-0.1, -0.05) is 48.9 Å². The molecule has 0 bridgehead atoms. The van der Waals surface area contributed by atoms with Crippen LogP contribution in [-0.2, 0) is 22.4 Å². The summed E-state index contributed by atoms with van der Waals surface area (Å²) in [5.74, 6) is -1.64. The molecule has 1 fully saturated rings. The van der Waals surface area contributed by atoms with Gasteiger partial charge in [-0.15, -0.1) is 0 Å². The number of benzene rings is 2. The van der Waals surface area contributed by atoms with E-state index in [1.807, 2.05) is 30.3 Å². The topological polar surface area (TPSA) is 66.4 Å². The number of carboxylic acid groups (broad SMARTS) is 1. The molecule has 4 nitrogen and oxygen atoms in total. The van der Waals surface area contributed by atoms with Crippen LogP contribution >= 0.6 is 0 Å². The highest BCUT2D eigenvalue weighted by molar-refractivity contribution is 5.88. The summed E-state index contributed by atoms with van der Waals surface area (Å²) >= 11 is 0. The van der Waals surface area contributed by atoms with Crippen molar-refractivity contribution >= 4 is 11.9 Å². The number of hydrogen-bond donors (Lipinski definition) is 2. The van der Waals surface area contributed by atoms with Gasteiger partial charge in [-0.2, -0.15) is 0 Å². The third-order valence-corrected chi connectivity index (χ3v) is 5.11. The van der Waals surface area contributed by atoms with E-state index < -0.39 is 17.4 Å². The predicted octanol–water partition coefficient (Wildman–Crippen LogP) is 3.35. The summed E-state index contributed by atoms with van der Waals surface area (Å²) in [5, 5.41) is 12.2. The number of carbonyl (C=O) groups is 2. The van der Waals surface area contributed by atoms with E-state index in [2.05, 4.69) is 5.32 Å². The van der Waals surface area contributed by atoms with Gasteiger partial charge in [0.25, 0.3) is 0 Å².